The molecule has 0 bridgehead atoms. The molecule has 0 radical (unpaired) electrons. The Bertz CT molecular complexity index is 2840. The molecule has 6 nitrogen and oxygen atoms in total. The highest BCUT2D eigenvalue weighted by molar-refractivity contribution is 5.98. The Kier molecular flexibility index (Phi) is 7.01. The van der Waals surface area contributed by atoms with Crippen LogP contribution in [0.5, 0.6) is 5.75 Å². The third-order valence-electron chi connectivity index (χ3n) is 9.92. The zero-order valence-corrected chi connectivity index (χ0v) is 29.5. The van der Waals surface area contributed by atoms with Gasteiger partial charge in [0.05, 0.1) is 27.9 Å². The van der Waals surface area contributed by atoms with Crippen molar-refractivity contribution in [3.05, 3.63) is 157 Å². The van der Waals surface area contributed by atoms with Crippen LogP contribution in [0.4, 0.5) is 0 Å². The third-order valence-corrected chi connectivity index (χ3v) is 9.92. The van der Waals surface area contributed by atoms with E-state index in [4.69, 9.17) is 9.97 Å². The Morgan fingerprint density at radius 2 is 1.21 bits per heavy atom. The Hall–Kier alpha value is -6.40. The topological polar surface area (TPSA) is 60.3 Å². The van der Waals surface area contributed by atoms with E-state index in [1.165, 1.54) is 0 Å². The van der Waals surface area contributed by atoms with Crippen LogP contribution in [-0.2, 0) is 0 Å². The number of imidazole rings is 3. The molecule has 1 N–H and O–H groups in total. The van der Waals surface area contributed by atoms with Crippen molar-refractivity contribution in [2.24, 2.45) is 0 Å². The minimum atomic E-state index is -0.977. The Morgan fingerprint density at radius 1 is 0.596 bits per heavy atom. The van der Waals surface area contributed by atoms with Crippen LogP contribution in [0.2, 0.25) is 0 Å². The predicted molar refractivity (Wildman–Crippen MR) is 213 cm³/mol. The molecule has 9 aromatic rings. The summed E-state index contributed by atoms with van der Waals surface area (Å²) in [7, 11) is 0. The lowest BCUT2D eigenvalue weighted by Crippen LogP contribution is -2.07. The van der Waals surface area contributed by atoms with Crippen molar-refractivity contribution in [3.8, 4) is 50.9 Å². The predicted octanol–water partition coefficient (Wildman–Crippen LogP) is 11.6. The van der Waals surface area contributed by atoms with Crippen LogP contribution >= 0.6 is 0 Å². The third kappa shape index (κ3) is 5.02. The molecule has 0 aliphatic rings. The molecule has 6 heteroatoms. The van der Waals surface area contributed by atoms with Gasteiger partial charge in [0, 0.05) is 31.3 Å². The van der Waals surface area contributed by atoms with E-state index < -0.39 is 11.8 Å². The Balaban J connectivity index is 1.34. The van der Waals surface area contributed by atoms with Gasteiger partial charge in [0.1, 0.15) is 17.1 Å². The van der Waals surface area contributed by atoms with Crippen molar-refractivity contribution in [1.29, 1.82) is 0 Å². The molecule has 0 saturated heterocycles. The molecule has 0 saturated carbocycles. The monoisotopic (exact) mass is 679 g/mol. The van der Waals surface area contributed by atoms with E-state index in [-0.39, 0.29) is 5.75 Å². The van der Waals surface area contributed by atoms with Gasteiger partial charge >= 0.3 is 0 Å². The highest BCUT2D eigenvalue weighted by Gasteiger charge is 2.24. The smallest absolute Gasteiger partial charge is 0.220 e. The zero-order chi connectivity index (χ0) is 37.4. The van der Waals surface area contributed by atoms with Gasteiger partial charge in [-0.05, 0) is 70.9 Å². The number of aromatic hydroxyl groups is 1. The molecular formula is C46H39N5O. The van der Waals surface area contributed by atoms with E-state index in [0.717, 1.165) is 72.6 Å². The van der Waals surface area contributed by atoms with Gasteiger partial charge in [0.15, 0.2) is 0 Å². The number of fused-ring (bicyclic) bond motifs is 5. The summed E-state index contributed by atoms with van der Waals surface area (Å²) in [6.45, 7) is 7.53. The van der Waals surface area contributed by atoms with Crippen LogP contribution < -0.4 is 0 Å². The molecule has 0 fully saturated rings. The van der Waals surface area contributed by atoms with Crippen LogP contribution in [0.1, 0.15) is 53.4 Å². The zero-order valence-electron chi connectivity index (χ0n) is 31.5. The van der Waals surface area contributed by atoms with Gasteiger partial charge in [-0.15, -0.1) is 0 Å². The fourth-order valence-electron chi connectivity index (χ4n) is 7.50. The summed E-state index contributed by atoms with van der Waals surface area (Å²) in [6.07, 6.45) is 2.03. The van der Waals surface area contributed by atoms with E-state index in [1.807, 2.05) is 113 Å². The molecule has 0 amide bonds. The normalized spacial score (nSPS) is 12.8. The van der Waals surface area contributed by atoms with Gasteiger partial charge < -0.3 is 5.11 Å². The second kappa shape index (κ2) is 12.4. The highest BCUT2D eigenvalue weighted by Crippen LogP contribution is 2.40. The lowest BCUT2D eigenvalue weighted by atomic mass is 9.92. The minimum Gasteiger partial charge on any atom is -0.507 e. The van der Waals surface area contributed by atoms with Crippen LogP contribution in [0.25, 0.3) is 73.0 Å². The molecule has 0 unspecified atom stereocenters. The molecule has 254 valence electrons. The lowest BCUT2D eigenvalue weighted by Gasteiger charge is -2.22. The average molecular weight is 680 g/mol. The lowest BCUT2D eigenvalue weighted by molar-refractivity contribution is 0.477. The average Bonchev–Trinajstić information content (AvgIpc) is 3.86. The van der Waals surface area contributed by atoms with Crippen LogP contribution in [0, 0.1) is 0 Å². The maximum absolute atomic E-state index is 10.8. The van der Waals surface area contributed by atoms with Gasteiger partial charge in [-0.2, -0.15) is 0 Å². The maximum Gasteiger partial charge on any atom is 0.220 e. The largest absolute Gasteiger partial charge is 0.507 e. The van der Waals surface area contributed by atoms with Gasteiger partial charge in [0.25, 0.3) is 0 Å². The summed E-state index contributed by atoms with van der Waals surface area (Å²) in [4.78, 5) is 10.8. The van der Waals surface area contributed by atoms with E-state index in [1.54, 1.807) is 6.07 Å². The number of phenols is 1. The summed E-state index contributed by atoms with van der Waals surface area (Å²) in [5, 5.41) is 10.8. The molecule has 3 aromatic heterocycles. The maximum atomic E-state index is 10.8. The van der Waals surface area contributed by atoms with Gasteiger partial charge in [-0.25, -0.2) is 9.97 Å². The van der Waals surface area contributed by atoms with Gasteiger partial charge in [-0.3, -0.25) is 13.5 Å². The molecule has 6 aromatic carbocycles. The molecule has 3 heterocycles. The fourth-order valence-corrected chi connectivity index (χ4v) is 7.50. The van der Waals surface area contributed by atoms with E-state index >= 15 is 0 Å². The second-order valence-corrected chi connectivity index (χ2v) is 13.7. The van der Waals surface area contributed by atoms with Crippen molar-refractivity contribution in [2.45, 2.75) is 39.5 Å². The summed E-state index contributed by atoms with van der Waals surface area (Å²) < 4.78 is 25.0. The fraction of sp³-hybridized carbons (Fsp3) is 0.130. The number of para-hydroxylation sites is 6. The number of aromatic nitrogens is 5. The first kappa shape index (κ1) is 29.3. The summed E-state index contributed by atoms with van der Waals surface area (Å²) in [5.41, 5.74) is 11.3. The molecular weight excluding hydrogens is 639 g/mol. The van der Waals surface area contributed by atoms with Crippen LogP contribution in [0.3, 0.4) is 0 Å². The summed E-state index contributed by atoms with van der Waals surface area (Å²) >= 11 is 0. The first-order valence-electron chi connectivity index (χ1n) is 18.6. The number of nitrogens with zero attached hydrogens (tertiary/aromatic N) is 5. The number of rotatable bonds is 7. The molecule has 0 aliphatic carbocycles. The minimum absolute atomic E-state index is 0.198. The van der Waals surface area contributed by atoms with Crippen molar-refractivity contribution in [2.75, 3.05) is 0 Å². The van der Waals surface area contributed by atoms with E-state index in [2.05, 4.69) is 68.1 Å². The van der Waals surface area contributed by atoms with E-state index in [9.17, 15) is 7.85 Å². The van der Waals surface area contributed by atoms with Gasteiger partial charge in [0.2, 0.25) is 5.78 Å². The Morgan fingerprint density at radius 3 is 1.96 bits per heavy atom. The quantitative estimate of drug-likeness (QED) is 0.182. The molecule has 0 spiro atoms. The number of hydrogen-bond acceptors (Lipinski definition) is 3. The first-order valence-corrected chi connectivity index (χ1v) is 17.6. The molecule has 0 atom stereocenters. The summed E-state index contributed by atoms with van der Waals surface area (Å²) in [5.74, 6) is -0.295. The van der Waals surface area contributed by atoms with Crippen molar-refractivity contribution >= 4 is 27.8 Å². The molecule has 0 aliphatic heterocycles. The Labute approximate surface area is 305 Å². The van der Waals surface area contributed by atoms with Crippen molar-refractivity contribution < 1.29 is 7.85 Å². The highest BCUT2D eigenvalue weighted by atomic mass is 16.3. The molecule has 9 rings (SSSR count). The van der Waals surface area contributed by atoms with Crippen molar-refractivity contribution in [1.82, 2.24) is 23.5 Å². The van der Waals surface area contributed by atoms with Crippen molar-refractivity contribution in [3.63, 3.8) is 0 Å². The van der Waals surface area contributed by atoms with Crippen LogP contribution in [-0.4, -0.2) is 28.6 Å². The summed E-state index contributed by atoms with van der Waals surface area (Å²) in [6, 6.07) is 46.1. The molecule has 52 heavy (non-hydrogen) atoms. The van der Waals surface area contributed by atoms with Gasteiger partial charge in [-0.1, -0.05) is 125 Å². The van der Waals surface area contributed by atoms with E-state index in [0.29, 0.717) is 11.5 Å². The number of benzene rings is 6. The SMILES string of the molecule is [2H]C(C)(C)c1cccc(C([2H])(C)C)c1-n1cc(-c2cccc3c2nc2n(-c4ccccc4)c4ccccc4n32)nc1-c1cccc(-c2ccccc2O)c1. The second-order valence-electron chi connectivity index (χ2n) is 13.7. The number of hydrogen-bond donors (Lipinski definition) is 1. The standard InChI is InChI=1S/C46H39N5O/c1-29(2)34-20-13-21-35(30(3)4)44(34)49-28-38(47-45(49)32-16-12-15-31(27-32)36-19-8-11-26-42(36)52)37-22-14-25-41-43(37)48-46-50(33-17-6-5-7-18-33)39-23-9-10-24-40(39)51(41)46/h5-30,52H,1-4H3/i29D,30D. The number of phenolic OH excluding ortho intramolecular Hbond substituents is 1. The van der Waals surface area contributed by atoms with Crippen LogP contribution in [0.15, 0.2) is 146 Å². The first-order chi connectivity index (χ1) is 26.0.